The molecule has 1 N–H and O–H groups in total. The molecule has 2 heterocycles. The number of hydrogen-bond donors (Lipinski definition) is 1. The molecule has 6 rings (SSSR count). The number of nitrogens with zero attached hydrogens (tertiary/aromatic N) is 1. The van der Waals surface area contributed by atoms with E-state index in [0.717, 1.165) is 9.99 Å². The van der Waals surface area contributed by atoms with Crippen molar-refractivity contribution in [3.05, 3.63) is 136 Å². The van der Waals surface area contributed by atoms with E-state index in [1.165, 1.54) is 44.6 Å². The summed E-state index contributed by atoms with van der Waals surface area (Å²) in [6, 6.07) is 34.8. The number of nitrogens with one attached hydrogen (secondary N) is 1. The number of halogens is 1. The van der Waals surface area contributed by atoms with Gasteiger partial charge in [-0.25, -0.2) is 0 Å². The van der Waals surface area contributed by atoms with Crippen LogP contribution < -0.4 is 4.90 Å². The largest absolute Gasteiger partial charge is 0.361 e. The summed E-state index contributed by atoms with van der Waals surface area (Å²) in [7, 11) is 0. The quantitative estimate of drug-likeness (QED) is 0.269. The fourth-order valence-electron chi connectivity index (χ4n) is 4.86. The van der Waals surface area contributed by atoms with E-state index in [4.69, 9.17) is 0 Å². The second kappa shape index (κ2) is 8.09. The summed E-state index contributed by atoms with van der Waals surface area (Å²) in [5, 5.41) is 1.23. The molecule has 1 aromatic heterocycles. The molecule has 0 fully saturated rings. The Morgan fingerprint density at radius 2 is 1.55 bits per heavy atom. The highest BCUT2D eigenvalue weighted by Crippen LogP contribution is 2.46. The molecular weight excluding hydrogens is 468 g/mol. The minimum Gasteiger partial charge on any atom is -0.361 e. The van der Waals surface area contributed by atoms with Gasteiger partial charge in [-0.2, -0.15) is 0 Å². The zero-order valence-corrected chi connectivity index (χ0v) is 19.9. The summed E-state index contributed by atoms with van der Waals surface area (Å²) in [6.45, 7) is 2.14. The smallest absolute Gasteiger partial charge is 0.0871 e. The van der Waals surface area contributed by atoms with Gasteiger partial charge in [0.15, 0.2) is 0 Å². The molecule has 0 bridgehead atoms. The molecule has 0 amide bonds. The number of aromatic nitrogens is 1. The van der Waals surface area contributed by atoms with Crippen LogP contribution in [0.3, 0.4) is 0 Å². The zero-order chi connectivity index (χ0) is 22.4. The number of benzene rings is 4. The van der Waals surface area contributed by atoms with Crippen molar-refractivity contribution < 1.29 is 0 Å². The van der Waals surface area contributed by atoms with Gasteiger partial charge in [-0.05, 0) is 60.0 Å². The molecule has 5 aromatic rings. The summed E-state index contributed by atoms with van der Waals surface area (Å²) in [5.41, 5.74) is 9.82. The molecule has 160 valence electrons. The lowest BCUT2D eigenvalue weighted by molar-refractivity contribution is 0.822. The van der Waals surface area contributed by atoms with Gasteiger partial charge in [0.25, 0.3) is 0 Å². The predicted octanol–water partition coefficient (Wildman–Crippen LogP) is 8.35. The number of aromatic amines is 1. The monoisotopic (exact) mass is 490 g/mol. The number of aryl methyl sites for hydroxylation is 1. The number of rotatable bonds is 3. The number of anilines is 1. The van der Waals surface area contributed by atoms with Crippen LogP contribution in [0.5, 0.6) is 0 Å². The highest BCUT2D eigenvalue weighted by molar-refractivity contribution is 9.10. The van der Waals surface area contributed by atoms with E-state index in [1.54, 1.807) is 0 Å². The maximum absolute atomic E-state index is 3.68. The van der Waals surface area contributed by atoms with Crippen LogP contribution >= 0.6 is 15.9 Å². The number of H-pyrrole nitrogens is 1. The van der Waals surface area contributed by atoms with E-state index in [2.05, 4.69) is 142 Å². The lowest BCUT2D eigenvalue weighted by Crippen LogP contribution is -2.31. The minimum absolute atomic E-state index is 0.0344. The van der Waals surface area contributed by atoms with Crippen LogP contribution in [-0.2, 0) is 0 Å². The standard InChI is InChI=1S/C30H23BrN2/c1-20-11-14-24(15-12-20)33-29(21-7-3-2-4-8-21)17-22-9-5-6-10-25(22)30(33)27-19-32-28-16-13-23(31)18-26(27)28/h2-19,30,32H,1H3. The van der Waals surface area contributed by atoms with Crippen LogP contribution in [0.25, 0.3) is 22.7 Å². The maximum atomic E-state index is 3.68. The van der Waals surface area contributed by atoms with Crippen molar-refractivity contribution in [2.45, 2.75) is 13.0 Å². The molecule has 33 heavy (non-hydrogen) atoms. The van der Waals surface area contributed by atoms with Gasteiger partial charge in [-0.15, -0.1) is 0 Å². The lowest BCUT2D eigenvalue weighted by atomic mass is 9.87. The molecule has 1 aliphatic rings. The summed E-state index contributed by atoms with van der Waals surface area (Å²) in [6.07, 6.45) is 4.50. The van der Waals surface area contributed by atoms with Gasteiger partial charge in [-0.3, -0.25) is 0 Å². The second-order valence-electron chi connectivity index (χ2n) is 8.57. The average Bonchev–Trinajstić information content (AvgIpc) is 3.26. The van der Waals surface area contributed by atoms with Crippen LogP contribution in [0.2, 0.25) is 0 Å². The van der Waals surface area contributed by atoms with Crippen molar-refractivity contribution in [1.29, 1.82) is 0 Å². The fraction of sp³-hybridized carbons (Fsp3) is 0.0667. The Labute approximate surface area is 202 Å². The normalized spacial score (nSPS) is 15.4. The first kappa shape index (κ1) is 20.1. The first-order chi connectivity index (χ1) is 16.2. The van der Waals surface area contributed by atoms with Gasteiger partial charge in [0, 0.05) is 38.5 Å². The Hall–Kier alpha value is -3.56. The summed E-state index contributed by atoms with van der Waals surface area (Å²) in [5.74, 6) is 0. The Morgan fingerprint density at radius 3 is 2.36 bits per heavy atom. The van der Waals surface area contributed by atoms with E-state index in [1.807, 2.05) is 0 Å². The average molecular weight is 491 g/mol. The molecule has 0 spiro atoms. The SMILES string of the molecule is Cc1ccc(N2C(c3ccccc3)=Cc3ccccc3C2c2c[nH]c3ccc(Br)cc23)cc1. The first-order valence-electron chi connectivity index (χ1n) is 11.2. The van der Waals surface area contributed by atoms with E-state index in [9.17, 15) is 0 Å². The first-order valence-corrected chi connectivity index (χ1v) is 12.0. The summed E-state index contributed by atoms with van der Waals surface area (Å²) in [4.78, 5) is 6.00. The Balaban J connectivity index is 1.66. The third-order valence-electron chi connectivity index (χ3n) is 6.45. The molecular formula is C30H23BrN2. The third kappa shape index (κ3) is 3.49. The highest BCUT2D eigenvalue weighted by Gasteiger charge is 2.33. The van der Waals surface area contributed by atoms with Crippen molar-refractivity contribution in [3.8, 4) is 0 Å². The zero-order valence-electron chi connectivity index (χ0n) is 18.3. The summed E-state index contributed by atoms with van der Waals surface area (Å²) < 4.78 is 1.08. The van der Waals surface area contributed by atoms with Crippen LogP contribution in [0.1, 0.15) is 33.9 Å². The molecule has 1 aliphatic heterocycles. The van der Waals surface area contributed by atoms with Gasteiger partial charge in [0.1, 0.15) is 0 Å². The van der Waals surface area contributed by atoms with E-state index in [0.29, 0.717) is 0 Å². The molecule has 1 unspecified atom stereocenters. The minimum atomic E-state index is 0.0344. The van der Waals surface area contributed by atoms with Crippen molar-refractivity contribution >= 4 is 44.3 Å². The van der Waals surface area contributed by atoms with Crippen molar-refractivity contribution in [2.24, 2.45) is 0 Å². The maximum Gasteiger partial charge on any atom is 0.0871 e. The second-order valence-corrected chi connectivity index (χ2v) is 9.48. The van der Waals surface area contributed by atoms with Crippen LogP contribution in [0, 0.1) is 6.92 Å². The van der Waals surface area contributed by atoms with Crippen molar-refractivity contribution in [1.82, 2.24) is 4.98 Å². The van der Waals surface area contributed by atoms with Crippen molar-refractivity contribution in [3.63, 3.8) is 0 Å². The summed E-state index contributed by atoms with van der Waals surface area (Å²) >= 11 is 3.68. The van der Waals surface area contributed by atoms with E-state index >= 15 is 0 Å². The molecule has 2 nitrogen and oxygen atoms in total. The molecule has 3 heteroatoms. The van der Waals surface area contributed by atoms with Gasteiger partial charge >= 0.3 is 0 Å². The highest BCUT2D eigenvalue weighted by atomic mass is 79.9. The van der Waals surface area contributed by atoms with E-state index in [-0.39, 0.29) is 6.04 Å². The van der Waals surface area contributed by atoms with Crippen molar-refractivity contribution in [2.75, 3.05) is 4.90 Å². The van der Waals surface area contributed by atoms with Crippen LogP contribution in [0.15, 0.2) is 108 Å². The Kier molecular flexibility index (Phi) is 4.92. The van der Waals surface area contributed by atoms with Gasteiger partial charge in [0.05, 0.1) is 6.04 Å². The molecule has 0 saturated heterocycles. The predicted molar refractivity (Wildman–Crippen MR) is 142 cm³/mol. The Morgan fingerprint density at radius 1 is 0.788 bits per heavy atom. The molecule has 1 atom stereocenters. The van der Waals surface area contributed by atoms with Gasteiger partial charge in [-0.1, -0.05) is 88.2 Å². The Bertz CT molecular complexity index is 1480. The number of fused-ring (bicyclic) bond motifs is 2. The van der Waals surface area contributed by atoms with Crippen LogP contribution in [-0.4, -0.2) is 4.98 Å². The third-order valence-corrected chi connectivity index (χ3v) is 6.95. The number of hydrogen-bond acceptors (Lipinski definition) is 1. The van der Waals surface area contributed by atoms with Crippen LogP contribution in [0.4, 0.5) is 5.69 Å². The van der Waals surface area contributed by atoms with Gasteiger partial charge < -0.3 is 9.88 Å². The molecule has 0 saturated carbocycles. The van der Waals surface area contributed by atoms with E-state index < -0.39 is 0 Å². The molecule has 0 aliphatic carbocycles. The lowest BCUT2D eigenvalue weighted by Gasteiger charge is -2.40. The molecule has 4 aromatic carbocycles. The fourth-order valence-corrected chi connectivity index (χ4v) is 5.22. The topological polar surface area (TPSA) is 19.0 Å². The molecule has 0 radical (unpaired) electrons. The van der Waals surface area contributed by atoms with Gasteiger partial charge in [0.2, 0.25) is 0 Å².